The molecule has 0 N–H and O–H groups in total. The lowest BCUT2D eigenvalue weighted by Crippen LogP contribution is -2.25. The molecule has 1 unspecified atom stereocenters. The number of ether oxygens (including phenoxy) is 1. The summed E-state index contributed by atoms with van der Waals surface area (Å²) in [5.74, 6) is -0.569. The second-order valence-electron chi connectivity index (χ2n) is 3.88. The fraction of sp³-hybridized carbons (Fsp3) is 0.417. The first-order chi connectivity index (χ1) is 7.70. The van der Waals surface area contributed by atoms with Crippen LogP contribution >= 0.6 is 15.9 Å². The minimum absolute atomic E-state index is 0.0360. The van der Waals surface area contributed by atoms with Crippen LogP contribution in [0.25, 0.3) is 0 Å². The van der Waals surface area contributed by atoms with Crippen LogP contribution < -0.4 is 0 Å². The van der Waals surface area contributed by atoms with Crippen LogP contribution in [-0.2, 0) is 4.74 Å². The maximum Gasteiger partial charge on any atom is 0.169 e. The SMILES string of the molecule is O=C(c1cccc(F)c1Br)C1CCCOC1. The molecule has 86 valence electrons. The van der Waals surface area contributed by atoms with E-state index in [0.717, 1.165) is 12.8 Å². The summed E-state index contributed by atoms with van der Waals surface area (Å²) < 4.78 is 18.8. The lowest BCUT2D eigenvalue weighted by atomic mass is 9.93. The quantitative estimate of drug-likeness (QED) is 0.781. The van der Waals surface area contributed by atoms with Gasteiger partial charge in [-0.05, 0) is 34.8 Å². The topological polar surface area (TPSA) is 26.3 Å². The van der Waals surface area contributed by atoms with Gasteiger partial charge in [-0.2, -0.15) is 0 Å². The Morgan fingerprint density at radius 2 is 2.31 bits per heavy atom. The Morgan fingerprint density at radius 1 is 1.50 bits per heavy atom. The van der Waals surface area contributed by atoms with E-state index < -0.39 is 5.82 Å². The van der Waals surface area contributed by atoms with E-state index in [2.05, 4.69) is 15.9 Å². The Morgan fingerprint density at radius 3 is 3.00 bits per heavy atom. The van der Waals surface area contributed by atoms with Gasteiger partial charge in [-0.3, -0.25) is 4.79 Å². The van der Waals surface area contributed by atoms with E-state index in [9.17, 15) is 9.18 Å². The van der Waals surface area contributed by atoms with Gasteiger partial charge < -0.3 is 4.74 Å². The molecule has 1 heterocycles. The number of hydrogen-bond donors (Lipinski definition) is 0. The number of ketones is 1. The Hall–Kier alpha value is -0.740. The number of benzene rings is 1. The highest BCUT2D eigenvalue weighted by atomic mass is 79.9. The number of carbonyl (C=O) groups excluding carboxylic acids is 1. The van der Waals surface area contributed by atoms with Gasteiger partial charge >= 0.3 is 0 Å². The van der Waals surface area contributed by atoms with Gasteiger partial charge in [0.1, 0.15) is 5.82 Å². The lowest BCUT2D eigenvalue weighted by molar-refractivity contribution is 0.0460. The minimum Gasteiger partial charge on any atom is -0.381 e. The average molecular weight is 287 g/mol. The Kier molecular flexibility index (Phi) is 3.71. The minimum atomic E-state index is -0.400. The summed E-state index contributed by atoms with van der Waals surface area (Å²) >= 11 is 3.11. The summed E-state index contributed by atoms with van der Waals surface area (Å²) in [6.45, 7) is 1.16. The highest BCUT2D eigenvalue weighted by Gasteiger charge is 2.25. The maximum absolute atomic E-state index is 13.3. The molecule has 1 saturated heterocycles. The molecule has 1 aromatic carbocycles. The fourth-order valence-corrected chi connectivity index (χ4v) is 2.32. The van der Waals surface area contributed by atoms with Crippen molar-refractivity contribution in [3.63, 3.8) is 0 Å². The van der Waals surface area contributed by atoms with E-state index in [1.165, 1.54) is 6.07 Å². The fourth-order valence-electron chi connectivity index (χ4n) is 1.86. The van der Waals surface area contributed by atoms with Crippen molar-refractivity contribution in [2.45, 2.75) is 12.8 Å². The monoisotopic (exact) mass is 286 g/mol. The standard InChI is InChI=1S/C12H12BrFO2/c13-11-9(4-1-5-10(11)14)12(15)8-3-2-6-16-7-8/h1,4-5,8H,2-3,6-7H2. The molecule has 0 radical (unpaired) electrons. The third kappa shape index (κ3) is 2.33. The first-order valence-corrected chi connectivity index (χ1v) is 6.05. The van der Waals surface area contributed by atoms with Crippen LogP contribution in [0.2, 0.25) is 0 Å². The third-order valence-corrected chi connectivity index (χ3v) is 3.55. The predicted molar refractivity (Wildman–Crippen MR) is 62.0 cm³/mol. The number of halogens is 2. The first kappa shape index (κ1) is 11.7. The highest BCUT2D eigenvalue weighted by Crippen LogP contribution is 2.26. The molecule has 0 amide bonds. The zero-order valence-corrected chi connectivity index (χ0v) is 10.3. The molecule has 1 aliphatic rings. The second kappa shape index (κ2) is 5.06. The molecule has 0 aromatic heterocycles. The maximum atomic E-state index is 13.3. The van der Waals surface area contributed by atoms with Gasteiger partial charge in [0.25, 0.3) is 0 Å². The molecule has 1 aliphatic heterocycles. The van der Waals surface area contributed by atoms with E-state index >= 15 is 0 Å². The largest absolute Gasteiger partial charge is 0.381 e. The molecule has 1 atom stereocenters. The van der Waals surface area contributed by atoms with E-state index in [1.54, 1.807) is 12.1 Å². The average Bonchev–Trinajstić information content (AvgIpc) is 2.33. The molecular formula is C12H12BrFO2. The molecule has 1 aromatic rings. The molecule has 1 fully saturated rings. The van der Waals surface area contributed by atoms with Crippen LogP contribution in [0.4, 0.5) is 4.39 Å². The van der Waals surface area contributed by atoms with Gasteiger partial charge in [0.05, 0.1) is 11.1 Å². The molecule has 16 heavy (non-hydrogen) atoms. The van der Waals surface area contributed by atoms with E-state index in [-0.39, 0.29) is 16.2 Å². The van der Waals surface area contributed by atoms with Gasteiger partial charge in [-0.25, -0.2) is 4.39 Å². The van der Waals surface area contributed by atoms with Crippen molar-refractivity contribution in [2.75, 3.05) is 13.2 Å². The van der Waals surface area contributed by atoms with Crippen molar-refractivity contribution in [3.8, 4) is 0 Å². The number of hydrogen-bond acceptors (Lipinski definition) is 2. The normalized spacial score (nSPS) is 20.8. The van der Waals surface area contributed by atoms with Gasteiger partial charge in [-0.15, -0.1) is 0 Å². The predicted octanol–water partition coefficient (Wildman–Crippen LogP) is 3.20. The number of carbonyl (C=O) groups is 1. The van der Waals surface area contributed by atoms with Crippen molar-refractivity contribution >= 4 is 21.7 Å². The number of rotatable bonds is 2. The van der Waals surface area contributed by atoms with Gasteiger partial charge in [-0.1, -0.05) is 12.1 Å². The van der Waals surface area contributed by atoms with Crippen LogP contribution in [0.1, 0.15) is 23.2 Å². The molecule has 0 saturated carbocycles. The summed E-state index contributed by atoms with van der Waals surface area (Å²) in [5, 5.41) is 0. The van der Waals surface area contributed by atoms with Crippen LogP contribution in [0.3, 0.4) is 0 Å². The van der Waals surface area contributed by atoms with Gasteiger partial charge in [0.2, 0.25) is 0 Å². The smallest absolute Gasteiger partial charge is 0.169 e. The summed E-state index contributed by atoms with van der Waals surface area (Å²) in [5.41, 5.74) is 0.413. The molecular weight excluding hydrogens is 275 g/mol. The van der Waals surface area contributed by atoms with E-state index in [1.807, 2.05) is 0 Å². The molecule has 2 nitrogen and oxygen atoms in total. The Labute approximate surface area is 102 Å². The van der Waals surface area contributed by atoms with Crippen molar-refractivity contribution in [3.05, 3.63) is 34.1 Å². The summed E-state index contributed by atoms with van der Waals surface area (Å²) in [4.78, 5) is 12.1. The summed E-state index contributed by atoms with van der Waals surface area (Å²) in [6, 6.07) is 4.53. The van der Waals surface area contributed by atoms with Crippen LogP contribution in [0.15, 0.2) is 22.7 Å². The number of Topliss-reactive ketones (excluding diaryl/α,β-unsaturated/α-hetero) is 1. The van der Waals surface area contributed by atoms with Gasteiger partial charge in [0.15, 0.2) is 5.78 Å². The first-order valence-electron chi connectivity index (χ1n) is 5.26. The molecule has 0 aliphatic carbocycles. The van der Waals surface area contributed by atoms with Crippen LogP contribution in [0, 0.1) is 11.7 Å². The van der Waals surface area contributed by atoms with Crippen molar-refractivity contribution in [1.82, 2.24) is 0 Å². The Balaban J connectivity index is 2.22. The Bertz CT molecular complexity index is 400. The van der Waals surface area contributed by atoms with E-state index in [4.69, 9.17) is 4.74 Å². The second-order valence-corrected chi connectivity index (χ2v) is 4.67. The zero-order chi connectivity index (χ0) is 11.5. The highest BCUT2D eigenvalue weighted by molar-refractivity contribution is 9.10. The van der Waals surface area contributed by atoms with Crippen LogP contribution in [-0.4, -0.2) is 19.0 Å². The van der Waals surface area contributed by atoms with Crippen LogP contribution in [0.5, 0.6) is 0 Å². The lowest BCUT2D eigenvalue weighted by Gasteiger charge is -2.21. The molecule has 0 spiro atoms. The van der Waals surface area contributed by atoms with Gasteiger partial charge in [0, 0.05) is 18.1 Å². The van der Waals surface area contributed by atoms with Crippen molar-refractivity contribution < 1.29 is 13.9 Å². The van der Waals surface area contributed by atoms with E-state index in [0.29, 0.717) is 18.8 Å². The zero-order valence-electron chi connectivity index (χ0n) is 8.71. The van der Waals surface area contributed by atoms with Crippen molar-refractivity contribution in [2.24, 2.45) is 5.92 Å². The molecule has 0 bridgehead atoms. The summed E-state index contributed by atoms with van der Waals surface area (Å²) in [6.07, 6.45) is 1.71. The summed E-state index contributed by atoms with van der Waals surface area (Å²) in [7, 11) is 0. The third-order valence-electron chi connectivity index (χ3n) is 2.75. The van der Waals surface area contributed by atoms with Crippen molar-refractivity contribution in [1.29, 1.82) is 0 Å². The molecule has 4 heteroatoms. The molecule has 2 rings (SSSR count).